The molecule has 0 bridgehead atoms. The highest BCUT2D eigenvalue weighted by Crippen LogP contribution is 2.46. The molecule has 148 valence electrons. The first-order valence-electron chi connectivity index (χ1n) is 10.9. The fourth-order valence-corrected chi connectivity index (χ4v) is 5.05. The van der Waals surface area contributed by atoms with E-state index in [1.165, 1.54) is 43.1 Å². The Morgan fingerprint density at radius 2 is 0.750 bits per heavy atom. The molecule has 0 saturated heterocycles. The van der Waals surface area contributed by atoms with E-state index in [0.717, 1.165) is 22.1 Å². The summed E-state index contributed by atoms with van der Waals surface area (Å²) < 4.78 is 0. The van der Waals surface area contributed by atoms with E-state index in [-0.39, 0.29) is 0 Å². The fourth-order valence-electron chi connectivity index (χ4n) is 5.05. The van der Waals surface area contributed by atoms with Crippen LogP contribution in [-0.4, -0.2) is 0 Å². The summed E-state index contributed by atoms with van der Waals surface area (Å²) in [6.45, 7) is 0. The van der Waals surface area contributed by atoms with Gasteiger partial charge in [0.05, 0.1) is 22.1 Å². The van der Waals surface area contributed by atoms with E-state index >= 15 is 0 Å². The Bertz CT molecular complexity index is 1720. The molecule has 0 aromatic heterocycles. The van der Waals surface area contributed by atoms with Crippen LogP contribution in [-0.2, 0) is 0 Å². The van der Waals surface area contributed by atoms with Crippen LogP contribution in [0.2, 0.25) is 0 Å². The number of rotatable bonds is 2. The van der Waals surface area contributed by atoms with Crippen LogP contribution in [0.25, 0.3) is 22.3 Å². The van der Waals surface area contributed by atoms with E-state index < -0.39 is 0 Å². The number of benzene rings is 5. The quantitative estimate of drug-likeness (QED) is 0.330. The topological polar surface area (TPSA) is 24.7 Å². The van der Waals surface area contributed by atoms with Crippen molar-refractivity contribution in [1.29, 1.82) is 0 Å². The first kappa shape index (κ1) is 17.4. The molecule has 0 unspecified atom stereocenters. The van der Waals surface area contributed by atoms with E-state index in [0.29, 0.717) is 0 Å². The lowest BCUT2D eigenvalue weighted by atomic mass is 9.91. The summed E-state index contributed by atoms with van der Waals surface area (Å²) in [5, 5.41) is 6.75. The second kappa shape index (κ2) is 6.60. The van der Waals surface area contributed by atoms with Gasteiger partial charge in [-0.3, -0.25) is 0 Å². The van der Waals surface area contributed by atoms with Crippen LogP contribution in [0.1, 0.15) is 0 Å². The van der Waals surface area contributed by atoms with E-state index in [4.69, 9.17) is 9.98 Å². The molecule has 5 aromatic rings. The molecule has 0 saturated carbocycles. The number of para-hydroxylation sites is 2. The number of nitrogens with zero attached hydrogens (tertiary/aromatic N) is 2. The summed E-state index contributed by atoms with van der Waals surface area (Å²) in [4.78, 5) is 10.4. The van der Waals surface area contributed by atoms with Gasteiger partial charge in [-0.25, -0.2) is 9.98 Å². The molecule has 0 radical (unpaired) electrons. The average molecular weight is 406 g/mol. The largest absolute Gasteiger partial charge is 0.247 e. The van der Waals surface area contributed by atoms with Gasteiger partial charge in [0.2, 0.25) is 0 Å². The maximum absolute atomic E-state index is 5.19. The molecule has 2 heteroatoms. The normalized spacial score (nSPS) is 12.2. The van der Waals surface area contributed by atoms with Gasteiger partial charge in [-0.2, -0.15) is 0 Å². The van der Waals surface area contributed by atoms with Gasteiger partial charge in [0.1, 0.15) is 0 Å². The van der Waals surface area contributed by atoms with E-state index in [2.05, 4.69) is 109 Å². The molecule has 0 N–H and O–H groups in total. The molecule has 0 spiro atoms. The Labute approximate surface area is 184 Å². The van der Waals surface area contributed by atoms with Crippen molar-refractivity contribution < 1.29 is 0 Å². The Kier molecular flexibility index (Phi) is 3.58. The SMILES string of the molecule is c1ccc(-c2c3c(c(-c4ccccc4)c4c2=c2ccccc2=N4)=c2ccccc2=N3)cc1. The summed E-state index contributed by atoms with van der Waals surface area (Å²) in [5.74, 6) is 0. The van der Waals surface area contributed by atoms with Crippen LogP contribution in [0.5, 0.6) is 0 Å². The summed E-state index contributed by atoms with van der Waals surface area (Å²) in [6, 6.07) is 38.1. The van der Waals surface area contributed by atoms with Crippen LogP contribution < -0.4 is 10.7 Å². The van der Waals surface area contributed by atoms with Gasteiger partial charge in [-0.1, -0.05) is 97.1 Å². The summed E-state index contributed by atoms with van der Waals surface area (Å²) in [6.07, 6.45) is 0. The monoisotopic (exact) mass is 406 g/mol. The first-order chi connectivity index (χ1) is 15.9. The van der Waals surface area contributed by atoms with Gasteiger partial charge < -0.3 is 0 Å². The Hall–Kier alpha value is -4.30. The first-order valence-corrected chi connectivity index (χ1v) is 10.9. The molecule has 0 fully saturated rings. The molecule has 2 aliphatic heterocycles. The minimum absolute atomic E-state index is 1.02. The lowest BCUT2D eigenvalue weighted by Crippen LogP contribution is -1.98. The van der Waals surface area contributed by atoms with Gasteiger partial charge in [0.25, 0.3) is 0 Å². The zero-order valence-electron chi connectivity index (χ0n) is 17.3. The highest BCUT2D eigenvalue weighted by molar-refractivity contribution is 5.91. The molecule has 0 atom stereocenters. The minimum Gasteiger partial charge on any atom is -0.247 e. The van der Waals surface area contributed by atoms with Crippen LogP contribution >= 0.6 is 0 Å². The smallest absolute Gasteiger partial charge is 0.0808 e. The summed E-state index contributed by atoms with van der Waals surface area (Å²) in [5.41, 5.74) is 6.76. The van der Waals surface area contributed by atoms with Crippen LogP contribution in [0.4, 0.5) is 11.4 Å². The molecule has 2 aliphatic rings. The van der Waals surface area contributed by atoms with Crippen LogP contribution in [0, 0.1) is 20.9 Å². The Balaban J connectivity index is 1.84. The molecule has 2 nitrogen and oxygen atoms in total. The molecular formula is C30H18N2. The van der Waals surface area contributed by atoms with E-state index in [1.807, 2.05) is 0 Å². The van der Waals surface area contributed by atoms with Gasteiger partial charge in [0, 0.05) is 32.0 Å². The van der Waals surface area contributed by atoms with Crippen molar-refractivity contribution >= 4 is 11.4 Å². The molecule has 0 aliphatic carbocycles. The molecular weight excluding hydrogens is 388 g/mol. The second-order valence-corrected chi connectivity index (χ2v) is 8.19. The van der Waals surface area contributed by atoms with Crippen LogP contribution in [0.15, 0.2) is 119 Å². The predicted molar refractivity (Wildman–Crippen MR) is 127 cm³/mol. The maximum atomic E-state index is 5.19. The minimum atomic E-state index is 1.02. The summed E-state index contributed by atoms with van der Waals surface area (Å²) in [7, 11) is 0. The van der Waals surface area contributed by atoms with Gasteiger partial charge in [-0.05, 0) is 23.3 Å². The third kappa shape index (κ3) is 2.35. The van der Waals surface area contributed by atoms with E-state index in [1.54, 1.807) is 0 Å². The third-order valence-corrected chi connectivity index (χ3v) is 6.38. The zero-order chi connectivity index (χ0) is 21.1. The van der Waals surface area contributed by atoms with E-state index in [9.17, 15) is 0 Å². The summed E-state index contributed by atoms with van der Waals surface area (Å²) >= 11 is 0. The maximum Gasteiger partial charge on any atom is 0.0808 e. The second-order valence-electron chi connectivity index (χ2n) is 8.19. The third-order valence-electron chi connectivity index (χ3n) is 6.38. The number of hydrogen-bond acceptors (Lipinski definition) is 2. The lowest BCUT2D eigenvalue weighted by Gasteiger charge is -2.14. The standard InChI is InChI=1S/C30H18N2/c1-3-11-19(12-4-1)25-27-21-15-7-9-17-23(21)32-30(27)26(20-13-5-2-6-14-20)28-22-16-8-10-18-24(22)31-29(25)28/h1-18H. The van der Waals surface area contributed by atoms with Gasteiger partial charge >= 0.3 is 0 Å². The van der Waals surface area contributed by atoms with Crippen LogP contribution in [0.3, 0.4) is 0 Å². The van der Waals surface area contributed by atoms with Crippen molar-refractivity contribution in [2.45, 2.75) is 0 Å². The van der Waals surface area contributed by atoms with Crippen molar-refractivity contribution in [3.8, 4) is 22.3 Å². The zero-order valence-corrected chi connectivity index (χ0v) is 17.3. The van der Waals surface area contributed by atoms with Crippen molar-refractivity contribution in [1.82, 2.24) is 0 Å². The Morgan fingerprint density at radius 1 is 0.375 bits per heavy atom. The molecule has 2 heterocycles. The van der Waals surface area contributed by atoms with Gasteiger partial charge in [0.15, 0.2) is 0 Å². The average Bonchev–Trinajstić information content (AvgIpc) is 3.42. The molecule has 32 heavy (non-hydrogen) atoms. The highest BCUT2D eigenvalue weighted by Gasteiger charge is 2.24. The van der Waals surface area contributed by atoms with Crippen molar-refractivity contribution in [3.63, 3.8) is 0 Å². The van der Waals surface area contributed by atoms with Gasteiger partial charge in [-0.15, -0.1) is 0 Å². The highest BCUT2D eigenvalue weighted by atomic mass is 14.8. The van der Waals surface area contributed by atoms with Crippen molar-refractivity contribution in [2.24, 2.45) is 9.98 Å². The fraction of sp³-hybridized carbons (Fsp3) is 0. The van der Waals surface area contributed by atoms with Crippen molar-refractivity contribution in [2.75, 3.05) is 0 Å². The number of fused-ring (bicyclic) bond motifs is 4. The predicted octanol–water partition coefficient (Wildman–Crippen LogP) is 6.12. The molecule has 7 rings (SSSR count). The molecule has 5 aromatic carbocycles. The number of hydrogen-bond donors (Lipinski definition) is 0. The lowest BCUT2D eigenvalue weighted by molar-refractivity contribution is 1.36. The Morgan fingerprint density at radius 3 is 1.19 bits per heavy atom. The van der Waals surface area contributed by atoms with Crippen molar-refractivity contribution in [3.05, 3.63) is 141 Å². The molecule has 0 amide bonds.